The second-order valence-electron chi connectivity index (χ2n) is 6.93. The molecule has 2 amide bonds. The van der Waals surface area contributed by atoms with E-state index in [0.717, 1.165) is 18.6 Å². The third-order valence-electron chi connectivity index (χ3n) is 4.80. The first-order valence-electron chi connectivity index (χ1n) is 9.28. The van der Waals surface area contributed by atoms with Gasteiger partial charge in [-0.15, -0.1) is 0 Å². The van der Waals surface area contributed by atoms with Gasteiger partial charge < -0.3 is 25.0 Å². The fourth-order valence-corrected chi connectivity index (χ4v) is 3.28. The smallest absolute Gasteiger partial charge is 0.416 e. The lowest BCUT2D eigenvalue weighted by atomic mass is 10.1. The van der Waals surface area contributed by atoms with Crippen LogP contribution in [0.1, 0.15) is 12.0 Å². The van der Waals surface area contributed by atoms with Gasteiger partial charge in [-0.2, -0.15) is 13.2 Å². The molecule has 2 aromatic rings. The van der Waals surface area contributed by atoms with Crippen molar-refractivity contribution in [1.29, 1.82) is 0 Å². The lowest BCUT2D eigenvalue weighted by Crippen LogP contribution is -2.60. The molecular formula is C20H20F3N3O3. The summed E-state index contributed by atoms with van der Waals surface area (Å²) in [7, 11) is 0. The molecule has 0 spiro atoms. The number of hydrogen-bond acceptors (Lipinski definition) is 4. The molecule has 0 bridgehead atoms. The lowest BCUT2D eigenvalue weighted by Gasteiger charge is -2.41. The van der Waals surface area contributed by atoms with Crippen LogP contribution < -0.4 is 25.0 Å². The molecule has 1 fully saturated rings. The minimum Gasteiger partial charge on any atom is -0.489 e. The van der Waals surface area contributed by atoms with E-state index in [4.69, 9.17) is 9.47 Å². The number of urea groups is 1. The lowest BCUT2D eigenvalue weighted by molar-refractivity contribution is -0.137. The number of carbonyl (C=O) groups is 1. The van der Waals surface area contributed by atoms with Crippen LogP contribution in [0, 0.1) is 0 Å². The van der Waals surface area contributed by atoms with Crippen molar-refractivity contribution >= 4 is 17.4 Å². The number of rotatable bonds is 3. The van der Waals surface area contributed by atoms with E-state index in [2.05, 4.69) is 10.6 Å². The molecule has 1 saturated heterocycles. The SMILES string of the molecule is O=C(Nc1cccc2c1OCCCO2)NC1CN(c2ccc(C(F)(F)F)cc2)C1. The van der Waals surface area contributed by atoms with Crippen molar-refractivity contribution in [2.45, 2.75) is 18.6 Å². The summed E-state index contributed by atoms with van der Waals surface area (Å²) in [6.07, 6.45) is -3.58. The maximum Gasteiger partial charge on any atom is 0.416 e. The van der Waals surface area contributed by atoms with E-state index in [0.29, 0.717) is 49.2 Å². The molecule has 0 radical (unpaired) electrons. The van der Waals surface area contributed by atoms with E-state index in [1.54, 1.807) is 18.2 Å². The van der Waals surface area contributed by atoms with Crippen LogP contribution in [-0.4, -0.2) is 38.4 Å². The summed E-state index contributed by atoms with van der Waals surface area (Å²) in [5, 5.41) is 5.63. The Hall–Kier alpha value is -3.10. The molecule has 2 aliphatic heterocycles. The molecule has 154 valence electrons. The summed E-state index contributed by atoms with van der Waals surface area (Å²) in [5.74, 6) is 1.11. The highest BCUT2D eigenvalue weighted by atomic mass is 19.4. The van der Waals surface area contributed by atoms with Gasteiger partial charge in [0, 0.05) is 25.2 Å². The number of amides is 2. The highest BCUT2D eigenvalue weighted by Crippen LogP contribution is 2.37. The van der Waals surface area contributed by atoms with Gasteiger partial charge >= 0.3 is 12.2 Å². The number of benzene rings is 2. The summed E-state index contributed by atoms with van der Waals surface area (Å²) < 4.78 is 49.2. The van der Waals surface area contributed by atoms with E-state index >= 15 is 0 Å². The Morgan fingerprint density at radius 1 is 1.03 bits per heavy atom. The van der Waals surface area contributed by atoms with Crippen LogP contribution in [0.25, 0.3) is 0 Å². The van der Waals surface area contributed by atoms with Gasteiger partial charge in [0.15, 0.2) is 11.5 Å². The van der Waals surface area contributed by atoms with Crippen molar-refractivity contribution < 1.29 is 27.4 Å². The summed E-state index contributed by atoms with van der Waals surface area (Å²) >= 11 is 0. The monoisotopic (exact) mass is 407 g/mol. The summed E-state index contributed by atoms with van der Waals surface area (Å²) in [6, 6.07) is 9.84. The normalized spacial score (nSPS) is 16.6. The number of halogens is 3. The van der Waals surface area contributed by atoms with Gasteiger partial charge in [0.05, 0.1) is 30.5 Å². The van der Waals surface area contributed by atoms with E-state index in [1.807, 2.05) is 4.90 Å². The number of nitrogens with zero attached hydrogens (tertiary/aromatic N) is 1. The van der Waals surface area contributed by atoms with Crippen LogP contribution in [0.15, 0.2) is 42.5 Å². The number of hydrogen-bond donors (Lipinski definition) is 2. The van der Waals surface area contributed by atoms with Gasteiger partial charge in [-0.1, -0.05) is 6.07 Å². The van der Waals surface area contributed by atoms with Gasteiger partial charge in [0.2, 0.25) is 0 Å². The number of fused-ring (bicyclic) bond motifs is 1. The summed E-state index contributed by atoms with van der Waals surface area (Å²) in [6.45, 7) is 2.11. The van der Waals surface area contributed by atoms with Crippen LogP contribution in [0.4, 0.5) is 29.3 Å². The summed E-state index contributed by atoms with van der Waals surface area (Å²) in [5.41, 5.74) is 0.542. The molecule has 2 aromatic carbocycles. The van der Waals surface area contributed by atoms with Crippen molar-refractivity contribution in [3.63, 3.8) is 0 Å². The van der Waals surface area contributed by atoms with Gasteiger partial charge in [-0.25, -0.2) is 4.79 Å². The van der Waals surface area contributed by atoms with E-state index < -0.39 is 11.7 Å². The number of anilines is 2. The third-order valence-corrected chi connectivity index (χ3v) is 4.80. The number of nitrogens with one attached hydrogen (secondary N) is 2. The largest absolute Gasteiger partial charge is 0.489 e. The predicted octanol–water partition coefficient (Wildman–Crippen LogP) is 3.88. The second-order valence-corrected chi connectivity index (χ2v) is 6.93. The number of ether oxygens (including phenoxy) is 2. The van der Waals surface area contributed by atoms with Gasteiger partial charge in [-0.05, 0) is 36.4 Å². The van der Waals surface area contributed by atoms with Crippen molar-refractivity contribution in [3.05, 3.63) is 48.0 Å². The molecule has 0 unspecified atom stereocenters. The zero-order valence-electron chi connectivity index (χ0n) is 15.5. The predicted molar refractivity (Wildman–Crippen MR) is 102 cm³/mol. The Morgan fingerprint density at radius 3 is 2.48 bits per heavy atom. The molecule has 6 nitrogen and oxygen atoms in total. The van der Waals surface area contributed by atoms with Crippen LogP contribution in [-0.2, 0) is 6.18 Å². The van der Waals surface area contributed by atoms with Crippen molar-refractivity contribution in [2.24, 2.45) is 0 Å². The molecule has 0 saturated carbocycles. The van der Waals surface area contributed by atoms with E-state index in [1.165, 1.54) is 12.1 Å². The Morgan fingerprint density at radius 2 is 1.76 bits per heavy atom. The van der Waals surface area contributed by atoms with Crippen molar-refractivity contribution in [1.82, 2.24) is 5.32 Å². The van der Waals surface area contributed by atoms with E-state index in [-0.39, 0.29) is 12.1 Å². The minimum absolute atomic E-state index is 0.100. The van der Waals surface area contributed by atoms with Crippen molar-refractivity contribution in [3.8, 4) is 11.5 Å². The first-order valence-corrected chi connectivity index (χ1v) is 9.28. The zero-order chi connectivity index (χ0) is 20.4. The highest BCUT2D eigenvalue weighted by molar-refractivity contribution is 5.92. The Labute approximate surface area is 165 Å². The Balaban J connectivity index is 1.30. The molecule has 2 N–H and O–H groups in total. The standard InChI is InChI=1S/C20H20F3N3O3/c21-20(22,23)13-5-7-15(8-6-13)26-11-14(12-26)24-19(27)25-16-3-1-4-17-18(16)29-10-2-9-28-17/h1,3-8,14H,2,9-12H2,(H2,24,25,27). The van der Waals surface area contributed by atoms with Crippen LogP contribution in [0.3, 0.4) is 0 Å². The average Bonchev–Trinajstić information content (AvgIpc) is 2.90. The quantitative estimate of drug-likeness (QED) is 0.811. The molecular weight excluding hydrogens is 387 g/mol. The van der Waals surface area contributed by atoms with Crippen LogP contribution >= 0.6 is 0 Å². The fraction of sp³-hybridized carbons (Fsp3) is 0.350. The fourth-order valence-electron chi connectivity index (χ4n) is 3.28. The molecule has 0 aliphatic carbocycles. The molecule has 0 aromatic heterocycles. The summed E-state index contributed by atoms with van der Waals surface area (Å²) in [4.78, 5) is 14.2. The third kappa shape index (κ3) is 4.33. The minimum atomic E-state index is -4.35. The molecule has 2 aliphatic rings. The number of para-hydroxylation sites is 1. The molecule has 0 atom stereocenters. The molecule has 9 heteroatoms. The maximum absolute atomic E-state index is 12.6. The highest BCUT2D eigenvalue weighted by Gasteiger charge is 2.32. The number of alkyl halides is 3. The maximum atomic E-state index is 12.6. The topological polar surface area (TPSA) is 62.8 Å². The van der Waals surface area contributed by atoms with Crippen LogP contribution in [0.2, 0.25) is 0 Å². The van der Waals surface area contributed by atoms with Gasteiger partial charge in [-0.3, -0.25) is 0 Å². The first kappa shape index (κ1) is 19.2. The molecule has 2 heterocycles. The average molecular weight is 407 g/mol. The first-order chi connectivity index (χ1) is 13.9. The van der Waals surface area contributed by atoms with Gasteiger partial charge in [0.25, 0.3) is 0 Å². The van der Waals surface area contributed by atoms with E-state index in [9.17, 15) is 18.0 Å². The van der Waals surface area contributed by atoms with Gasteiger partial charge in [0.1, 0.15) is 0 Å². The molecule has 29 heavy (non-hydrogen) atoms. The Bertz CT molecular complexity index is 881. The second kappa shape index (κ2) is 7.73. The number of carbonyl (C=O) groups excluding carboxylic acids is 1. The zero-order valence-corrected chi connectivity index (χ0v) is 15.5. The molecule has 4 rings (SSSR count). The Kier molecular flexibility index (Phi) is 5.12. The van der Waals surface area contributed by atoms with Crippen LogP contribution in [0.5, 0.6) is 11.5 Å². The van der Waals surface area contributed by atoms with Crippen molar-refractivity contribution in [2.75, 3.05) is 36.5 Å².